The van der Waals surface area contributed by atoms with Gasteiger partial charge in [0.15, 0.2) is 5.82 Å². The number of nitrogens with zero attached hydrogens (tertiary/aromatic N) is 6. The monoisotopic (exact) mass is 486 g/mol. The lowest BCUT2D eigenvalue weighted by molar-refractivity contribution is -0.137. The van der Waals surface area contributed by atoms with Crippen molar-refractivity contribution in [1.82, 2.24) is 19.4 Å². The highest BCUT2D eigenvalue weighted by Gasteiger charge is 2.32. The van der Waals surface area contributed by atoms with Crippen molar-refractivity contribution in [2.45, 2.75) is 46.0 Å². The maximum Gasteiger partial charge on any atom is 0.416 e. The predicted octanol–water partition coefficient (Wildman–Crippen LogP) is 4.52. The summed E-state index contributed by atoms with van der Waals surface area (Å²) in [6.07, 6.45) is -4.36. The second kappa shape index (κ2) is 10.4. The summed E-state index contributed by atoms with van der Waals surface area (Å²) >= 11 is 0. The lowest BCUT2D eigenvalue weighted by Crippen LogP contribution is -2.53. The molecule has 1 aliphatic rings. The van der Waals surface area contributed by atoms with Gasteiger partial charge in [0.1, 0.15) is 17.3 Å². The minimum atomic E-state index is -4.36. The molecule has 0 bridgehead atoms. The van der Waals surface area contributed by atoms with Crippen LogP contribution in [0.5, 0.6) is 0 Å². The number of benzene rings is 1. The molecule has 0 amide bonds. The van der Waals surface area contributed by atoms with E-state index in [2.05, 4.69) is 14.9 Å². The van der Waals surface area contributed by atoms with Crippen LogP contribution in [0.2, 0.25) is 0 Å². The van der Waals surface area contributed by atoms with Gasteiger partial charge in [-0.2, -0.15) is 23.4 Å². The largest absolute Gasteiger partial charge is 0.416 e. The fraction of sp³-hybridized carbons (Fsp3) is 0.440. The molecule has 0 N–H and O–H groups in total. The van der Waals surface area contributed by atoms with Gasteiger partial charge in [-0.1, -0.05) is 26.0 Å². The van der Waals surface area contributed by atoms with Crippen molar-refractivity contribution in [3.63, 3.8) is 0 Å². The number of piperazine rings is 1. The van der Waals surface area contributed by atoms with Crippen molar-refractivity contribution < 1.29 is 13.2 Å². The van der Waals surface area contributed by atoms with Crippen molar-refractivity contribution in [2.24, 2.45) is 7.05 Å². The van der Waals surface area contributed by atoms with E-state index in [9.17, 15) is 23.2 Å². The summed E-state index contributed by atoms with van der Waals surface area (Å²) in [5.74, 6) is 0.444. The highest BCUT2D eigenvalue weighted by molar-refractivity contribution is 5.86. The van der Waals surface area contributed by atoms with Crippen LogP contribution < -0.4 is 10.6 Å². The molecule has 1 saturated heterocycles. The first-order chi connectivity index (χ1) is 16.6. The molecule has 35 heavy (non-hydrogen) atoms. The maximum absolute atomic E-state index is 12.9. The number of halogens is 3. The average Bonchev–Trinajstić information content (AvgIpc) is 2.86. The number of pyridine rings is 1. The smallest absolute Gasteiger partial charge is 0.349 e. The minimum absolute atomic E-state index is 0.0361. The number of aromatic nitrogens is 3. The molecular weight excluding hydrogens is 457 g/mol. The summed E-state index contributed by atoms with van der Waals surface area (Å²) in [5.41, 5.74) is 1.07. The van der Waals surface area contributed by atoms with Crippen LogP contribution in [-0.4, -0.2) is 45.1 Å². The fourth-order valence-electron chi connectivity index (χ4n) is 4.28. The second-order valence-corrected chi connectivity index (χ2v) is 8.29. The Labute approximate surface area is 202 Å². The molecule has 3 aromatic rings. The molecule has 2 aromatic heterocycles. The molecule has 2 unspecified atom stereocenters. The summed E-state index contributed by atoms with van der Waals surface area (Å²) in [6.45, 7) is 9.78. The number of hydrogen-bond acceptors (Lipinski definition) is 6. The molecular formula is C25H29F3N6O. The Kier molecular flexibility index (Phi) is 7.80. The second-order valence-electron chi connectivity index (χ2n) is 8.29. The third-order valence-corrected chi connectivity index (χ3v) is 6.25. The highest BCUT2D eigenvalue weighted by atomic mass is 19.4. The molecule has 0 radical (unpaired) electrons. The van der Waals surface area contributed by atoms with Crippen LogP contribution in [0.4, 0.5) is 19.0 Å². The van der Waals surface area contributed by atoms with Gasteiger partial charge in [0.25, 0.3) is 0 Å². The standard InChI is InChI=1S/C23H23F3N6O.C2H6/c1-14-13-31(15(2)16-4-6-17(7-5-16)23(24,25)26)10-11-32(14)21-20-19(30(3)22(33)29-21)9-8-18(12-27)28-20;1-2/h4-9,14-15H,10-11,13H2,1-3H3;1-2H3. The van der Waals surface area contributed by atoms with Crippen molar-refractivity contribution in [2.75, 3.05) is 24.5 Å². The van der Waals surface area contributed by atoms with E-state index in [1.807, 2.05) is 38.7 Å². The van der Waals surface area contributed by atoms with Crippen LogP contribution in [0, 0.1) is 11.3 Å². The van der Waals surface area contributed by atoms with Crippen LogP contribution in [0.15, 0.2) is 41.2 Å². The van der Waals surface area contributed by atoms with E-state index >= 15 is 0 Å². The van der Waals surface area contributed by atoms with Gasteiger partial charge in [-0.25, -0.2) is 9.78 Å². The summed E-state index contributed by atoms with van der Waals surface area (Å²) in [6, 6.07) is 10.4. The molecule has 1 aliphatic heterocycles. The molecule has 0 aliphatic carbocycles. The number of nitriles is 1. The van der Waals surface area contributed by atoms with Crippen LogP contribution >= 0.6 is 0 Å². The molecule has 0 spiro atoms. The molecule has 2 atom stereocenters. The van der Waals surface area contributed by atoms with Crippen LogP contribution in [-0.2, 0) is 13.2 Å². The molecule has 4 rings (SSSR count). The van der Waals surface area contributed by atoms with Crippen molar-refractivity contribution in [1.29, 1.82) is 5.26 Å². The number of rotatable bonds is 3. The van der Waals surface area contributed by atoms with E-state index in [1.165, 1.54) is 16.7 Å². The number of hydrogen-bond donors (Lipinski definition) is 0. The quantitative estimate of drug-likeness (QED) is 0.542. The number of aryl methyl sites for hydroxylation is 1. The molecule has 1 fully saturated rings. The van der Waals surface area contributed by atoms with E-state index in [0.717, 1.165) is 17.7 Å². The number of alkyl halides is 3. The van der Waals surface area contributed by atoms with Gasteiger partial charge in [-0.15, -0.1) is 0 Å². The number of fused-ring (bicyclic) bond motifs is 1. The molecule has 7 nitrogen and oxygen atoms in total. The minimum Gasteiger partial charge on any atom is -0.349 e. The Balaban J connectivity index is 0.00000167. The zero-order valence-corrected chi connectivity index (χ0v) is 20.5. The number of anilines is 1. The van der Waals surface area contributed by atoms with Crippen molar-refractivity contribution in [3.05, 3.63) is 63.7 Å². The summed E-state index contributed by atoms with van der Waals surface area (Å²) in [4.78, 5) is 25.3. The third kappa shape index (κ3) is 5.30. The van der Waals surface area contributed by atoms with Crippen molar-refractivity contribution in [3.8, 4) is 6.07 Å². The summed E-state index contributed by atoms with van der Waals surface area (Å²) < 4.78 is 40.0. The maximum atomic E-state index is 12.9. The Morgan fingerprint density at radius 2 is 1.74 bits per heavy atom. The molecule has 0 saturated carbocycles. The van der Waals surface area contributed by atoms with Crippen LogP contribution in [0.1, 0.15) is 50.6 Å². The first-order valence-corrected chi connectivity index (χ1v) is 11.6. The normalized spacial score (nSPS) is 17.5. The lowest BCUT2D eigenvalue weighted by Gasteiger charge is -2.43. The lowest BCUT2D eigenvalue weighted by atomic mass is 10.0. The highest BCUT2D eigenvalue weighted by Crippen LogP contribution is 2.32. The van der Waals surface area contributed by atoms with E-state index in [4.69, 9.17) is 0 Å². The van der Waals surface area contributed by atoms with E-state index in [-0.39, 0.29) is 17.8 Å². The SMILES string of the molecule is CC.CC(c1ccc(C(F)(F)F)cc1)N1CCN(c2nc(=O)n(C)c3ccc(C#N)nc23)C(C)C1. The van der Waals surface area contributed by atoms with E-state index in [1.54, 1.807) is 19.2 Å². The Bertz CT molecular complexity index is 1280. The van der Waals surface area contributed by atoms with Crippen LogP contribution in [0.3, 0.4) is 0 Å². The van der Waals surface area contributed by atoms with Gasteiger partial charge in [0, 0.05) is 38.8 Å². The van der Waals surface area contributed by atoms with Gasteiger partial charge in [-0.3, -0.25) is 9.47 Å². The Morgan fingerprint density at radius 3 is 2.31 bits per heavy atom. The molecule has 10 heteroatoms. The van der Waals surface area contributed by atoms with E-state index in [0.29, 0.717) is 36.5 Å². The molecule has 3 heterocycles. The van der Waals surface area contributed by atoms with Gasteiger partial charge in [0.2, 0.25) is 0 Å². The zero-order valence-electron chi connectivity index (χ0n) is 20.5. The molecule has 186 valence electrons. The Hall–Kier alpha value is -3.45. The topological polar surface area (TPSA) is 78.0 Å². The van der Waals surface area contributed by atoms with Crippen molar-refractivity contribution >= 4 is 16.9 Å². The fourth-order valence-corrected chi connectivity index (χ4v) is 4.28. The predicted molar refractivity (Wildman–Crippen MR) is 129 cm³/mol. The van der Waals surface area contributed by atoms with Crippen LogP contribution in [0.25, 0.3) is 11.0 Å². The third-order valence-electron chi connectivity index (χ3n) is 6.25. The molecule has 1 aromatic carbocycles. The first kappa shape index (κ1) is 26.2. The summed E-state index contributed by atoms with van der Waals surface area (Å²) in [5, 5.41) is 9.26. The van der Waals surface area contributed by atoms with Gasteiger partial charge >= 0.3 is 11.9 Å². The van der Waals surface area contributed by atoms with Gasteiger partial charge in [0.05, 0.1) is 11.1 Å². The Morgan fingerprint density at radius 1 is 1.09 bits per heavy atom. The van der Waals surface area contributed by atoms with Gasteiger partial charge < -0.3 is 4.90 Å². The average molecular weight is 487 g/mol. The zero-order chi connectivity index (χ0) is 25.9. The first-order valence-electron chi connectivity index (χ1n) is 11.6. The van der Waals surface area contributed by atoms with E-state index < -0.39 is 17.4 Å². The summed E-state index contributed by atoms with van der Waals surface area (Å²) in [7, 11) is 1.61. The van der Waals surface area contributed by atoms with Gasteiger partial charge in [-0.05, 0) is 43.7 Å².